The van der Waals surface area contributed by atoms with Crippen LogP contribution in [0.1, 0.15) is 57.9 Å². The van der Waals surface area contributed by atoms with E-state index in [1.165, 1.54) is 18.9 Å². The van der Waals surface area contributed by atoms with Crippen molar-refractivity contribution >= 4 is 6.08 Å². The van der Waals surface area contributed by atoms with Gasteiger partial charge in [-0.1, -0.05) is 68.8 Å². The highest BCUT2D eigenvalue weighted by molar-refractivity contribution is 5.69. The fourth-order valence-corrected chi connectivity index (χ4v) is 3.81. The van der Waals surface area contributed by atoms with E-state index in [1.54, 1.807) is 18.2 Å². The van der Waals surface area contributed by atoms with Gasteiger partial charge in [0.2, 0.25) is 0 Å². The van der Waals surface area contributed by atoms with E-state index in [2.05, 4.69) is 42.5 Å². The smallest absolute Gasteiger partial charge is 0.159 e. The third-order valence-electron chi connectivity index (χ3n) is 5.88. The van der Waals surface area contributed by atoms with Crippen LogP contribution < -0.4 is 4.74 Å². The summed E-state index contributed by atoms with van der Waals surface area (Å²) in [6, 6.07) is 12.5. The first kappa shape index (κ1) is 27.3. The van der Waals surface area contributed by atoms with E-state index in [0.717, 1.165) is 49.0 Å². The minimum Gasteiger partial charge on any atom is -0.489 e. The van der Waals surface area contributed by atoms with Crippen molar-refractivity contribution < 1.29 is 13.9 Å². The summed E-state index contributed by atoms with van der Waals surface area (Å²) in [5, 5.41) is 0. The zero-order valence-electron chi connectivity index (χ0n) is 21.5. The summed E-state index contributed by atoms with van der Waals surface area (Å²) in [5.74, 6) is 0.795. The number of nitrogens with zero attached hydrogens (tertiary/aromatic N) is 2. The molecule has 190 valence electrons. The second-order valence-corrected chi connectivity index (χ2v) is 8.88. The van der Waals surface area contributed by atoms with Crippen LogP contribution in [0, 0.1) is 5.82 Å². The largest absolute Gasteiger partial charge is 0.489 e. The van der Waals surface area contributed by atoms with Gasteiger partial charge in [-0.05, 0) is 50.3 Å². The molecule has 1 unspecified atom stereocenters. The summed E-state index contributed by atoms with van der Waals surface area (Å²) in [7, 11) is 0. The van der Waals surface area contributed by atoms with Crippen molar-refractivity contribution in [2.24, 2.45) is 0 Å². The van der Waals surface area contributed by atoms with E-state index in [-0.39, 0.29) is 5.82 Å². The SMILES string of the molecule is C=CCOc1ccc(-c2ccc(-c3ncc(C=CCCCC(C)OCCCCC)cn3)cc2)c(F)c1. The normalized spacial score (nSPS) is 12.1. The second kappa shape index (κ2) is 14.9. The first-order valence-corrected chi connectivity index (χ1v) is 12.8. The molecular formula is C31H37FN2O2. The van der Waals surface area contributed by atoms with E-state index in [4.69, 9.17) is 9.47 Å². The fraction of sp³-hybridized carbons (Fsp3) is 0.355. The number of ether oxygens (including phenoxy) is 2. The Morgan fingerprint density at radius 2 is 1.75 bits per heavy atom. The molecule has 5 heteroatoms. The molecule has 2 aromatic carbocycles. The van der Waals surface area contributed by atoms with Crippen molar-refractivity contribution in [1.82, 2.24) is 9.97 Å². The van der Waals surface area contributed by atoms with Gasteiger partial charge in [-0.15, -0.1) is 0 Å². The van der Waals surface area contributed by atoms with Gasteiger partial charge in [0.15, 0.2) is 5.82 Å². The lowest BCUT2D eigenvalue weighted by Gasteiger charge is -2.11. The van der Waals surface area contributed by atoms with Gasteiger partial charge in [-0.2, -0.15) is 0 Å². The molecule has 36 heavy (non-hydrogen) atoms. The standard InChI is InChI=1S/C31H37FN2O2/c1-4-6-10-20-35-24(3)11-8-7-9-12-25-22-33-31(34-23-25)27-15-13-26(14-16-27)29-18-17-28(21-30(29)32)36-19-5-2/h5,9,12-18,21-24H,2,4,6-8,10-11,19-20H2,1,3H3. The molecule has 3 aromatic rings. The minimum absolute atomic E-state index is 0.316. The van der Waals surface area contributed by atoms with Gasteiger partial charge >= 0.3 is 0 Å². The molecule has 0 fully saturated rings. The van der Waals surface area contributed by atoms with Gasteiger partial charge in [0, 0.05) is 41.8 Å². The number of rotatable bonds is 15. The molecule has 0 aliphatic carbocycles. The van der Waals surface area contributed by atoms with Crippen molar-refractivity contribution in [3.8, 4) is 28.3 Å². The molecule has 0 spiro atoms. The lowest BCUT2D eigenvalue weighted by Crippen LogP contribution is -2.08. The highest BCUT2D eigenvalue weighted by atomic mass is 19.1. The van der Waals surface area contributed by atoms with E-state index in [0.29, 0.717) is 29.8 Å². The summed E-state index contributed by atoms with van der Waals surface area (Å²) in [6.45, 7) is 9.17. The lowest BCUT2D eigenvalue weighted by molar-refractivity contribution is 0.0566. The first-order chi connectivity index (χ1) is 17.6. The van der Waals surface area contributed by atoms with Crippen LogP contribution in [-0.4, -0.2) is 29.3 Å². The van der Waals surface area contributed by atoms with Crippen LogP contribution in [0.2, 0.25) is 0 Å². The molecule has 1 heterocycles. The average molecular weight is 489 g/mol. The summed E-state index contributed by atoms with van der Waals surface area (Å²) in [5.41, 5.74) is 3.16. The average Bonchev–Trinajstić information content (AvgIpc) is 2.90. The molecule has 0 aliphatic rings. The molecule has 0 bridgehead atoms. The number of halogens is 1. The van der Waals surface area contributed by atoms with Crippen LogP contribution in [0.25, 0.3) is 28.6 Å². The second-order valence-electron chi connectivity index (χ2n) is 8.88. The number of aromatic nitrogens is 2. The maximum absolute atomic E-state index is 14.6. The molecule has 1 atom stereocenters. The maximum Gasteiger partial charge on any atom is 0.159 e. The molecule has 1 aromatic heterocycles. The van der Waals surface area contributed by atoms with Crippen molar-refractivity contribution in [3.05, 3.63) is 85.0 Å². The van der Waals surface area contributed by atoms with Crippen molar-refractivity contribution in [2.45, 2.75) is 58.5 Å². The fourth-order valence-electron chi connectivity index (χ4n) is 3.81. The molecule has 0 aliphatic heterocycles. The van der Waals surface area contributed by atoms with Crippen molar-refractivity contribution in [2.75, 3.05) is 13.2 Å². The van der Waals surface area contributed by atoms with Crippen LogP contribution in [0.15, 0.2) is 73.6 Å². The predicted molar refractivity (Wildman–Crippen MR) is 146 cm³/mol. The molecule has 0 saturated carbocycles. The molecule has 0 saturated heterocycles. The van der Waals surface area contributed by atoms with Gasteiger partial charge in [0.25, 0.3) is 0 Å². The van der Waals surface area contributed by atoms with Crippen LogP contribution in [-0.2, 0) is 4.74 Å². The number of hydrogen-bond acceptors (Lipinski definition) is 4. The van der Waals surface area contributed by atoms with Crippen LogP contribution in [0.5, 0.6) is 5.75 Å². The highest BCUT2D eigenvalue weighted by Gasteiger charge is 2.08. The highest BCUT2D eigenvalue weighted by Crippen LogP contribution is 2.28. The van der Waals surface area contributed by atoms with Gasteiger partial charge in [0.1, 0.15) is 18.2 Å². The molecule has 0 amide bonds. The van der Waals surface area contributed by atoms with Gasteiger partial charge in [0.05, 0.1) is 6.10 Å². The Hall–Kier alpha value is -3.31. The van der Waals surface area contributed by atoms with E-state index >= 15 is 0 Å². The Morgan fingerprint density at radius 1 is 1.00 bits per heavy atom. The van der Waals surface area contributed by atoms with E-state index in [1.807, 2.05) is 36.7 Å². The van der Waals surface area contributed by atoms with Gasteiger partial charge in [-0.25, -0.2) is 14.4 Å². The Bertz CT molecular complexity index is 1090. The van der Waals surface area contributed by atoms with E-state index in [9.17, 15) is 4.39 Å². The molecule has 4 nitrogen and oxygen atoms in total. The predicted octanol–water partition coefficient (Wildman–Crippen LogP) is 8.29. The Morgan fingerprint density at radius 3 is 2.44 bits per heavy atom. The molecule has 0 N–H and O–H groups in total. The number of benzene rings is 2. The van der Waals surface area contributed by atoms with Crippen LogP contribution >= 0.6 is 0 Å². The Labute approximate surface area is 214 Å². The first-order valence-electron chi connectivity index (χ1n) is 12.8. The quantitative estimate of drug-likeness (QED) is 0.159. The number of unbranched alkanes of at least 4 members (excludes halogenated alkanes) is 3. The van der Waals surface area contributed by atoms with Gasteiger partial charge < -0.3 is 9.47 Å². The molecular weight excluding hydrogens is 451 g/mol. The zero-order chi connectivity index (χ0) is 25.6. The third-order valence-corrected chi connectivity index (χ3v) is 5.88. The van der Waals surface area contributed by atoms with Crippen molar-refractivity contribution in [3.63, 3.8) is 0 Å². The number of hydrogen-bond donors (Lipinski definition) is 0. The third kappa shape index (κ3) is 8.72. The minimum atomic E-state index is -0.328. The molecule has 0 radical (unpaired) electrons. The summed E-state index contributed by atoms with van der Waals surface area (Å²) in [4.78, 5) is 9.01. The topological polar surface area (TPSA) is 44.2 Å². The van der Waals surface area contributed by atoms with Crippen LogP contribution in [0.4, 0.5) is 4.39 Å². The monoisotopic (exact) mass is 488 g/mol. The number of allylic oxidation sites excluding steroid dienone is 1. The summed E-state index contributed by atoms with van der Waals surface area (Å²) >= 11 is 0. The van der Waals surface area contributed by atoms with Crippen molar-refractivity contribution in [1.29, 1.82) is 0 Å². The van der Waals surface area contributed by atoms with E-state index < -0.39 is 0 Å². The lowest BCUT2D eigenvalue weighted by atomic mass is 10.0. The van der Waals surface area contributed by atoms with Crippen LogP contribution in [0.3, 0.4) is 0 Å². The molecule has 3 rings (SSSR count). The summed E-state index contributed by atoms with van der Waals surface area (Å²) in [6.07, 6.45) is 16.6. The Kier molecular flexibility index (Phi) is 11.3. The Balaban J connectivity index is 1.49. The zero-order valence-corrected chi connectivity index (χ0v) is 21.5. The maximum atomic E-state index is 14.6. The van der Waals surface area contributed by atoms with Gasteiger partial charge in [-0.3, -0.25) is 0 Å². The summed E-state index contributed by atoms with van der Waals surface area (Å²) < 4.78 is 25.8.